The Morgan fingerprint density at radius 2 is 1.93 bits per heavy atom. The monoisotopic (exact) mass is 198 g/mol. The van der Waals surface area contributed by atoms with Crippen molar-refractivity contribution in [3.63, 3.8) is 0 Å². The van der Waals surface area contributed by atoms with Crippen LogP contribution in [0.25, 0.3) is 0 Å². The Kier molecular flexibility index (Phi) is 2.46. The van der Waals surface area contributed by atoms with Crippen molar-refractivity contribution < 1.29 is 4.79 Å². The molecule has 0 aliphatic carbocycles. The number of aromatic nitrogens is 1. The minimum Gasteiger partial charge on any atom is -0.399 e. The van der Waals surface area contributed by atoms with E-state index in [0.717, 1.165) is 0 Å². The number of nitrogens with zero attached hydrogens (tertiary/aromatic N) is 1. The summed E-state index contributed by atoms with van der Waals surface area (Å²) in [6.07, 6.45) is 3.18. The molecule has 15 heavy (non-hydrogen) atoms. The maximum absolute atomic E-state index is 11.9. The number of benzene rings is 1. The molecule has 0 fully saturated rings. The van der Waals surface area contributed by atoms with Gasteiger partial charge in [0.25, 0.3) is 0 Å². The minimum absolute atomic E-state index is 0.0598. The number of nitrogens with two attached hydrogens (primary N) is 1. The summed E-state index contributed by atoms with van der Waals surface area (Å²) in [5.74, 6) is -0.0598. The first-order chi connectivity index (χ1) is 7.27. The van der Waals surface area contributed by atoms with Gasteiger partial charge in [-0.1, -0.05) is 12.1 Å². The Labute approximate surface area is 87.6 Å². The highest BCUT2D eigenvalue weighted by atomic mass is 16.1. The quantitative estimate of drug-likeness (QED) is 0.592. The van der Waals surface area contributed by atoms with E-state index in [0.29, 0.717) is 16.8 Å². The van der Waals surface area contributed by atoms with Crippen LogP contribution in [0.5, 0.6) is 0 Å². The van der Waals surface area contributed by atoms with Crippen LogP contribution >= 0.6 is 0 Å². The molecule has 0 bridgehead atoms. The predicted octanol–water partition coefficient (Wildman–Crippen LogP) is 1.89. The fraction of sp³-hybridized carbons (Fsp3) is 0. The van der Waals surface area contributed by atoms with Gasteiger partial charge in [-0.3, -0.25) is 9.78 Å². The zero-order valence-electron chi connectivity index (χ0n) is 8.05. The predicted molar refractivity (Wildman–Crippen MR) is 58.5 cm³/mol. The van der Waals surface area contributed by atoms with E-state index in [2.05, 4.69) is 4.98 Å². The van der Waals surface area contributed by atoms with E-state index in [1.54, 1.807) is 48.8 Å². The highest BCUT2D eigenvalue weighted by molar-refractivity contribution is 6.09. The van der Waals surface area contributed by atoms with Crippen LogP contribution in [0.2, 0.25) is 0 Å². The molecular weight excluding hydrogens is 188 g/mol. The van der Waals surface area contributed by atoms with Gasteiger partial charge in [0, 0.05) is 29.2 Å². The van der Waals surface area contributed by atoms with Gasteiger partial charge in [0.15, 0.2) is 5.78 Å². The Bertz CT molecular complexity index is 480. The number of carbonyl (C=O) groups excluding carboxylic acids is 1. The third-order valence-corrected chi connectivity index (χ3v) is 2.07. The first kappa shape index (κ1) is 9.40. The second kappa shape index (κ2) is 3.92. The second-order valence-corrected chi connectivity index (χ2v) is 3.20. The van der Waals surface area contributed by atoms with E-state index in [9.17, 15) is 4.79 Å². The van der Waals surface area contributed by atoms with Crippen LogP contribution in [-0.2, 0) is 0 Å². The molecule has 0 radical (unpaired) electrons. The summed E-state index contributed by atoms with van der Waals surface area (Å²) in [4.78, 5) is 15.8. The standard InChI is InChI=1S/C12H10N2O/c13-11-5-1-3-9(7-11)12(15)10-4-2-6-14-8-10/h1-8H,13H2. The molecular formula is C12H10N2O. The topological polar surface area (TPSA) is 56.0 Å². The molecule has 1 aromatic carbocycles. The van der Waals surface area contributed by atoms with E-state index in [-0.39, 0.29) is 5.78 Å². The molecule has 0 spiro atoms. The lowest BCUT2D eigenvalue weighted by atomic mass is 10.0. The first-order valence-electron chi connectivity index (χ1n) is 4.57. The number of anilines is 1. The number of rotatable bonds is 2. The largest absolute Gasteiger partial charge is 0.399 e. The van der Waals surface area contributed by atoms with Crippen LogP contribution < -0.4 is 5.73 Å². The zero-order chi connectivity index (χ0) is 10.7. The van der Waals surface area contributed by atoms with Crippen molar-refractivity contribution in [1.29, 1.82) is 0 Å². The van der Waals surface area contributed by atoms with Gasteiger partial charge in [-0.05, 0) is 24.3 Å². The molecule has 0 aliphatic rings. The summed E-state index contributed by atoms with van der Waals surface area (Å²) in [7, 11) is 0. The summed E-state index contributed by atoms with van der Waals surface area (Å²) in [5.41, 5.74) is 7.35. The van der Waals surface area contributed by atoms with Gasteiger partial charge >= 0.3 is 0 Å². The Morgan fingerprint density at radius 1 is 1.13 bits per heavy atom. The summed E-state index contributed by atoms with van der Waals surface area (Å²) >= 11 is 0. The highest BCUT2D eigenvalue weighted by Gasteiger charge is 2.08. The van der Waals surface area contributed by atoms with Crippen molar-refractivity contribution in [3.8, 4) is 0 Å². The van der Waals surface area contributed by atoms with Gasteiger partial charge in [-0.15, -0.1) is 0 Å². The lowest BCUT2D eigenvalue weighted by Gasteiger charge is -2.01. The van der Waals surface area contributed by atoms with Gasteiger partial charge in [0.1, 0.15) is 0 Å². The lowest BCUT2D eigenvalue weighted by Crippen LogP contribution is -2.02. The van der Waals surface area contributed by atoms with Crippen LogP contribution in [0, 0.1) is 0 Å². The molecule has 2 rings (SSSR count). The van der Waals surface area contributed by atoms with Crippen LogP contribution in [0.4, 0.5) is 5.69 Å². The van der Waals surface area contributed by atoms with Crippen molar-refractivity contribution >= 4 is 11.5 Å². The molecule has 1 heterocycles. The fourth-order valence-corrected chi connectivity index (χ4v) is 1.34. The Morgan fingerprint density at radius 3 is 2.60 bits per heavy atom. The normalized spacial score (nSPS) is 9.87. The second-order valence-electron chi connectivity index (χ2n) is 3.20. The van der Waals surface area contributed by atoms with Crippen LogP contribution in [0.1, 0.15) is 15.9 Å². The molecule has 2 N–H and O–H groups in total. The van der Waals surface area contributed by atoms with E-state index in [4.69, 9.17) is 5.73 Å². The van der Waals surface area contributed by atoms with Gasteiger partial charge < -0.3 is 5.73 Å². The molecule has 2 aromatic rings. The SMILES string of the molecule is Nc1cccc(C(=O)c2cccnc2)c1. The molecule has 0 aliphatic heterocycles. The molecule has 1 aromatic heterocycles. The summed E-state index contributed by atoms with van der Waals surface area (Å²) in [5, 5.41) is 0. The zero-order valence-corrected chi connectivity index (χ0v) is 8.05. The van der Waals surface area contributed by atoms with Gasteiger partial charge in [0.2, 0.25) is 0 Å². The van der Waals surface area contributed by atoms with Crippen LogP contribution in [0.15, 0.2) is 48.8 Å². The number of carbonyl (C=O) groups is 1. The highest BCUT2D eigenvalue weighted by Crippen LogP contribution is 2.11. The lowest BCUT2D eigenvalue weighted by molar-refractivity contribution is 0.103. The molecule has 3 nitrogen and oxygen atoms in total. The van der Waals surface area contributed by atoms with Gasteiger partial charge in [0.05, 0.1) is 0 Å². The van der Waals surface area contributed by atoms with Crippen LogP contribution in [-0.4, -0.2) is 10.8 Å². The number of hydrogen-bond acceptors (Lipinski definition) is 3. The number of hydrogen-bond donors (Lipinski definition) is 1. The molecule has 0 saturated heterocycles. The summed E-state index contributed by atoms with van der Waals surface area (Å²) in [6, 6.07) is 10.4. The molecule has 0 unspecified atom stereocenters. The molecule has 0 amide bonds. The number of ketones is 1. The van der Waals surface area contributed by atoms with Crippen molar-refractivity contribution in [2.45, 2.75) is 0 Å². The van der Waals surface area contributed by atoms with Gasteiger partial charge in [-0.2, -0.15) is 0 Å². The van der Waals surface area contributed by atoms with E-state index in [1.807, 2.05) is 0 Å². The fourth-order valence-electron chi connectivity index (χ4n) is 1.34. The summed E-state index contributed by atoms with van der Waals surface area (Å²) < 4.78 is 0. The van der Waals surface area contributed by atoms with Crippen molar-refractivity contribution in [1.82, 2.24) is 4.98 Å². The number of nitrogen functional groups attached to an aromatic ring is 1. The molecule has 3 heteroatoms. The maximum atomic E-state index is 11.9. The minimum atomic E-state index is -0.0598. The van der Waals surface area contributed by atoms with Crippen molar-refractivity contribution in [2.75, 3.05) is 5.73 Å². The van der Waals surface area contributed by atoms with Crippen molar-refractivity contribution in [3.05, 3.63) is 59.9 Å². The third-order valence-electron chi connectivity index (χ3n) is 2.07. The molecule has 74 valence electrons. The van der Waals surface area contributed by atoms with Crippen molar-refractivity contribution in [2.24, 2.45) is 0 Å². The smallest absolute Gasteiger partial charge is 0.194 e. The Balaban J connectivity index is 2.37. The average molecular weight is 198 g/mol. The third kappa shape index (κ3) is 2.02. The maximum Gasteiger partial charge on any atom is 0.194 e. The number of pyridine rings is 1. The average Bonchev–Trinajstić information content (AvgIpc) is 2.29. The Hall–Kier alpha value is -2.16. The first-order valence-corrected chi connectivity index (χ1v) is 4.57. The molecule has 0 atom stereocenters. The van der Waals surface area contributed by atoms with E-state index in [1.165, 1.54) is 0 Å². The van der Waals surface area contributed by atoms with Gasteiger partial charge in [-0.25, -0.2) is 0 Å². The van der Waals surface area contributed by atoms with Crippen LogP contribution in [0.3, 0.4) is 0 Å². The summed E-state index contributed by atoms with van der Waals surface area (Å²) in [6.45, 7) is 0. The van der Waals surface area contributed by atoms with E-state index >= 15 is 0 Å². The van der Waals surface area contributed by atoms with E-state index < -0.39 is 0 Å². The molecule has 0 saturated carbocycles.